The second-order valence-electron chi connectivity index (χ2n) is 5.71. The second kappa shape index (κ2) is 7.80. The van der Waals surface area contributed by atoms with Gasteiger partial charge in [0, 0.05) is 11.8 Å². The number of fused-ring (bicyclic) bond motifs is 1. The Balaban J connectivity index is 1.88. The van der Waals surface area contributed by atoms with E-state index >= 15 is 0 Å². The van der Waals surface area contributed by atoms with Crippen molar-refractivity contribution in [3.05, 3.63) is 53.1 Å². The molecular formula is C17H22NO2P3. The quantitative estimate of drug-likeness (QED) is 0.762. The molecule has 2 aromatic rings. The second-order valence-corrected chi connectivity index (χ2v) is 7.35. The van der Waals surface area contributed by atoms with Gasteiger partial charge in [-0.3, -0.25) is 0 Å². The highest BCUT2D eigenvalue weighted by Gasteiger charge is 2.23. The first-order valence-electron chi connectivity index (χ1n) is 7.63. The molecule has 0 radical (unpaired) electrons. The van der Waals surface area contributed by atoms with Crippen LogP contribution in [0.5, 0.6) is 11.5 Å². The summed E-state index contributed by atoms with van der Waals surface area (Å²) in [7, 11) is 7.38. The molecule has 0 saturated carbocycles. The minimum Gasteiger partial charge on any atom is -0.497 e. The molecule has 6 heteroatoms. The van der Waals surface area contributed by atoms with Crippen molar-refractivity contribution in [3.8, 4) is 11.5 Å². The molecule has 0 amide bonds. The van der Waals surface area contributed by atoms with Crippen LogP contribution >= 0.6 is 26.8 Å². The van der Waals surface area contributed by atoms with E-state index in [9.17, 15) is 0 Å². The smallest absolute Gasteiger partial charge is 0.122 e. The SMILES string of the molecule is COc1ccc(C2CCc3cc(OP)ccc3C2)c(NPP)c1. The van der Waals surface area contributed by atoms with Gasteiger partial charge in [-0.25, -0.2) is 0 Å². The maximum absolute atomic E-state index is 5.37. The van der Waals surface area contributed by atoms with Crippen molar-refractivity contribution < 1.29 is 9.26 Å². The number of ether oxygens (including phenoxy) is 1. The molecule has 0 spiro atoms. The summed E-state index contributed by atoms with van der Waals surface area (Å²) in [6.45, 7) is 0. The molecule has 0 saturated heterocycles. The zero-order valence-electron chi connectivity index (χ0n) is 13.1. The number of methoxy groups -OCH3 is 1. The number of rotatable bonds is 5. The highest BCUT2D eigenvalue weighted by Crippen LogP contribution is 2.40. The van der Waals surface area contributed by atoms with Crippen LogP contribution in [0.1, 0.15) is 29.0 Å². The van der Waals surface area contributed by atoms with E-state index in [2.05, 4.69) is 53.8 Å². The topological polar surface area (TPSA) is 30.5 Å². The molecule has 3 nitrogen and oxygen atoms in total. The molecule has 1 N–H and O–H groups in total. The largest absolute Gasteiger partial charge is 0.497 e. The molecule has 0 aromatic heterocycles. The van der Waals surface area contributed by atoms with Gasteiger partial charge < -0.3 is 14.3 Å². The van der Waals surface area contributed by atoms with Crippen molar-refractivity contribution in [2.24, 2.45) is 0 Å². The number of hydrogen-bond donors (Lipinski definition) is 1. The van der Waals surface area contributed by atoms with E-state index in [-0.39, 0.29) is 0 Å². The maximum Gasteiger partial charge on any atom is 0.122 e. The molecule has 4 atom stereocenters. The number of anilines is 1. The molecule has 0 heterocycles. The Morgan fingerprint density at radius 2 is 1.96 bits per heavy atom. The summed E-state index contributed by atoms with van der Waals surface area (Å²) >= 11 is 0. The first-order chi connectivity index (χ1) is 11.2. The minimum absolute atomic E-state index is 0.542. The van der Waals surface area contributed by atoms with Crippen LogP contribution in [0.4, 0.5) is 5.69 Å². The summed E-state index contributed by atoms with van der Waals surface area (Å²) < 4.78 is 10.6. The first-order valence-corrected chi connectivity index (χ1v) is 10.9. The van der Waals surface area contributed by atoms with Gasteiger partial charge in [0.1, 0.15) is 11.5 Å². The van der Waals surface area contributed by atoms with Gasteiger partial charge in [-0.2, -0.15) is 0 Å². The average molecular weight is 365 g/mol. The van der Waals surface area contributed by atoms with Crippen molar-refractivity contribution in [1.82, 2.24) is 0 Å². The third-order valence-corrected chi connectivity index (χ3v) is 5.57. The van der Waals surface area contributed by atoms with Crippen LogP contribution in [-0.4, -0.2) is 7.11 Å². The molecule has 0 bridgehead atoms. The van der Waals surface area contributed by atoms with Gasteiger partial charge in [0.25, 0.3) is 0 Å². The fourth-order valence-electron chi connectivity index (χ4n) is 3.27. The van der Waals surface area contributed by atoms with E-state index in [0.29, 0.717) is 14.3 Å². The van der Waals surface area contributed by atoms with Gasteiger partial charge in [0.2, 0.25) is 0 Å². The van der Waals surface area contributed by atoms with Gasteiger partial charge in [0.15, 0.2) is 0 Å². The van der Waals surface area contributed by atoms with Gasteiger partial charge >= 0.3 is 0 Å². The Bertz CT molecular complexity index is 694. The Morgan fingerprint density at radius 3 is 2.70 bits per heavy atom. The van der Waals surface area contributed by atoms with E-state index in [1.54, 1.807) is 7.11 Å². The summed E-state index contributed by atoms with van der Waals surface area (Å²) in [4.78, 5) is 0. The third-order valence-electron chi connectivity index (χ3n) is 4.45. The maximum atomic E-state index is 5.37. The Labute approximate surface area is 144 Å². The lowest BCUT2D eigenvalue weighted by atomic mass is 9.79. The van der Waals surface area contributed by atoms with E-state index in [0.717, 1.165) is 30.8 Å². The first kappa shape index (κ1) is 17.0. The van der Waals surface area contributed by atoms with Gasteiger partial charge in [-0.05, 0) is 68.5 Å². The zero-order chi connectivity index (χ0) is 16.2. The molecule has 2 aromatic carbocycles. The summed E-state index contributed by atoms with van der Waals surface area (Å²) in [5.41, 5.74) is 5.42. The molecule has 3 rings (SSSR count). The molecule has 0 fully saturated rings. The predicted molar refractivity (Wildman–Crippen MR) is 106 cm³/mol. The minimum atomic E-state index is 0.542. The average Bonchev–Trinajstić information content (AvgIpc) is 2.61. The van der Waals surface area contributed by atoms with Crippen molar-refractivity contribution >= 4 is 32.5 Å². The van der Waals surface area contributed by atoms with Crippen molar-refractivity contribution in [1.29, 1.82) is 0 Å². The Hall–Kier alpha value is -0.870. The number of aryl methyl sites for hydroxylation is 1. The monoisotopic (exact) mass is 365 g/mol. The molecule has 0 aliphatic heterocycles. The van der Waals surface area contributed by atoms with Crippen LogP contribution in [-0.2, 0) is 12.8 Å². The number of benzene rings is 2. The Kier molecular flexibility index (Phi) is 5.76. The lowest BCUT2D eigenvalue weighted by Gasteiger charge is -2.27. The fraction of sp³-hybridized carbons (Fsp3) is 0.294. The van der Waals surface area contributed by atoms with Crippen LogP contribution in [0.25, 0.3) is 0 Å². The van der Waals surface area contributed by atoms with E-state index < -0.39 is 0 Å². The van der Waals surface area contributed by atoms with Crippen LogP contribution in [0.2, 0.25) is 0 Å². The number of nitrogens with one attached hydrogen (secondary N) is 1. The summed E-state index contributed by atoms with van der Waals surface area (Å²) in [6, 6.07) is 12.8. The number of hydrogen-bond acceptors (Lipinski definition) is 3. The van der Waals surface area contributed by atoms with E-state index in [4.69, 9.17) is 9.26 Å². The third kappa shape index (κ3) is 3.80. The summed E-state index contributed by atoms with van der Waals surface area (Å²) in [5, 5.41) is 3.48. The van der Waals surface area contributed by atoms with Crippen LogP contribution in [0.15, 0.2) is 36.4 Å². The van der Waals surface area contributed by atoms with Gasteiger partial charge in [-0.15, -0.1) is 0 Å². The molecule has 1 aliphatic carbocycles. The van der Waals surface area contributed by atoms with Crippen molar-refractivity contribution in [2.45, 2.75) is 25.2 Å². The van der Waals surface area contributed by atoms with Crippen LogP contribution in [0.3, 0.4) is 0 Å². The standard InChI is InChI=1S/C17H22NO2P3/c1-19-14-6-7-16(17(10-14)18-23-22)13-3-2-12-9-15(20-21)5-4-11(12)8-13/h4-7,9-10,13,18,23H,2-3,8,21-22H2,1H3. The molecule has 1 aliphatic rings. The van der Waals surface area contributed by atoms with Crippen molar-refractivity contribution in [3.63, 3.8) is 0 Å². The molecule has 122 valence electrons. The molecule has 23 heavy (non-hydrogen) atoms. The Morgan fingerprint density at radius 1 is 1.13 bits per heavy atom. The zero-order valence-corrected chi connectivity index (χ0v) is 16.4. The summed E-state index contributed by atoms with van der Waals surface area (Å²) in [5.74, 6) is 2.36. The summed E-state index contributed by atoms with van der Waals surface area (Å²) in [6.07, 6.45) is 3.33. The van der Waals surface area contributed by atoms with Gasteiger partial charge in [-0.1, -0.05) is 21.1 Å². The lowest BCUT2D eigenvalue weighted by molar-refractivity contribution is 0.414. The molecule has 4 unspecified atom stereocenters. The highest BCUT2D eigenvalue weighted by molar-refractivity contribution is 8.03. The van der Waals surface area contributed by atoms with Gasteiger partial charge in [0.05, 0.1) is 16.6 Å². The normalized spacial score (nSPS) is 17.1. The molecular weight excluding hydrogens is 343 g/mol. The lowest BCUT2D eigenvalue weighted by Crippen LogP contribution is -2.13. The van der Waals surface area contributed by atoms with E-state index in [1.807, 2.05) is 6.07 Å². The highest BCUT2D eigenvalue weighted by atomic mass is 32.0. The predicted octanol–water partition coefficient (Wildman–Crippen LogP) is 4.93. The van der Waals surface area contributed by atoms with E-state index in [1.165, 1.54) is 22.4 Å². The van der Waals surface area contributed by atoms with Crippen LogP contribution < -0.4 is 14.3 Å². The van der Waals surface area contributed by atoms with Crippen molar-refractivity contribution in [2.75, 3.05) is 12.2 Å². The van der Waals surface area contributed by atoms with Crippen LogP contribution in [0, 0.1) is 0 Å². The fourth-order valence-corrected chi connectivity index (χ4v) is 4.26.